The van der Waals surface area contributed by atoms with E-state index in [9.17, 15) is 4.79 Å². The number of piperidine rings is 1. The summed E-state index contributed by atoms with van der Waals surface area (Å²) in [6.45, 7) is 2.13. The summed E-state index contributed by atoms with van der Waals surface area (Å²) in [6, 6.07) is 1.89. The monoisotopic (exact) mass is 459 g/mol. The summed E-state index contributed by atoms with van der Waals surface area (Å²) >= 11 is 0. The van der Waals surface area contributed by atoms with Gasteiger partial charge in [-0.25, -0.2) is 0 Å². The minimum atomic E-state index is -0.262. The van der Waals surface area contributed by atoms with Gasteiger partial charge in [0.15, 0.2) is 5.76 Å². The second-order valence-corrected chi connectivity index (χ2v) is 10.7. The van der Waals surface area contributed by atoms with Crippen LogP contribution < -0.4 is 16.0 Å². The summed E-state index contributed by atoms with van der Waals surface area (Å²) in [7, 11) is 0. The Morgan fingerprint density at radius 3 is 2.70 bits per heavy atom. The fourth-order valence-corrected chi connectivity index (χ4v) is 6.92. The first-order valence-corrected chi connectivity index (χ1v) is 13.3. The van der Waals surface area contributed by atoms with E-state index in [1.165, 1.54) is 64.2 Å². The number of amides is 1. The zero-order valence-electron chi connectivity index (χ0n) is 19.8. The average Bonchev–Trinajstić information content (AvgIpc) is 3.50. The van der Waals surface area contributed by atoms with E-state index in [1.54, 1.807) is 6.26 Å². The Morgan fingerprint density at radius 1 is 1.06 bits per heavy atom. The number of furan rings is 1. The Kier molecular flexibility index (Phi) is 7.70. The largest absolute Gasteiger partial charge is 0.459 e. The van der Waals surface area contributed by atoms with Crippen molar-refractivity contribution in [3.63, 3.8) is 0 Å². The van der Waals surface area contributed by atoms with Crippen LogP contribution in [0.1, 0.15) is 86.2 Å². The summed E-state index contributed by atoms with van der Waals surface area (Å²) in [4.78, 5) is 12.2. The molecule has 7 nitrogen and oxygen atoms in total. The molecule has 2 aliphatic heterocycles. The molecule has 2 aliphatic carbocycles. The van der Waals surface area contributed by atoms with E-state index < -0.39 is 0 Å². The summed E-state index contributed by atoms with van der Waals surface area (Å²) in [5.41, 5.74) is 1.10. The van der Waals surface area contributed by atoms with Crippen molar-refractivity contribution >= 4 is 5.91 Å². The fourth-order valence-electron chi connectivity index (χ4n) is 6.92. The topological polar surface area (TPSA) is 95.8 Å². The van der Waals surface area contributed by atoms with Gasteiger partial charge >= 0.3 is 0 Å². The van der Waals surface area contributed by atoms with Gasteiger partial charge in [-0.15, -0.1) is 0 Å². The van der Waals surface area contributed by atoms with Gasteiger partial charge in [-0.05, 0) is 68.0 Å². The molecule has 4 aliphatic rings. The highest BCUT2D eigenvalue weighted by atomic mass is 16.5. The Hall–Kier alpha value is -1.41. The number of carbonyl (C=O) groups is 1. The Morgan fingerprint density at radius 2 is 1.85 bits per heavy atom. The highest BCUT2D eigenvalue weighted by Gasteiger charge is 2.45. The van der Waals surface area contributed by atoms with Crippen LogP contribution in [0.4, 0.5) is 0 Å². The molecule has 2 saturated carbocycles. The first-order chi connectivity index (χ1) is 16.2. The van der Waals surface area contributed by atoms with Crippen molar-refractivity contribution < 1.29 is 19.1 Å². The number of aliphatic hydroxyl groups is 1. The predicted molar refractivity (Wildman–Crippen MR) is 126 cm³/mol. The Bertz CT molecular complexity index is 777. The summed E-state index contributed by atoms with van der Waals surface area (Å²) in [6.07, 6.45) is 15.9. The van der Waals surface area contributed by atoms with Crippen LogP contribution in [0.25, 0.3) is 0 Å². The van der Waals surface area contributed by atoms with Gasteiger partial charge < -0.3 is 30.2 Å². The van der Waals surface area contributed by atoms with Gasteiger partial charge in [0.2, 0.25) is 0 Å². The quantitative estimate of drug-likeness (QED) is 0.500. The number of hydrogen-bond donors (Lipinski definition) is 4. The number of ether oxygens (including phenoxy) is 1. The lowest BCUT2D eigenvalue weighted by atomic mass is 9.70. The molecular weight excluding hydrogens is 418 g/mol. The van der Waals surface area contributed by atoms with E-state index in [1.807, 2.05) is 6.07 Å². The fraction of sp³-hybridized carbons (Fsp3) is 0.808. The second-order valence-electron chi connectivity index (χ2n) is 10.7. The predicted octanol–water partition coefficient (Wildman–Crippen LogP) is 3.15. The SMILES string of the molecule is O=C(NCCO)c1cc(C2CNC3NCC(C4CCCCC4OC4CCCCC4)CC32)co1. The van der Waals surface area contributed by atoms with Crippen molar-refractivity contribution in [3.8, 4) is 0 Å². The van der Waals surface area contributed by atoms with Crippen LogP contribution in [0.3, 0.4) is 0 Å². The van der Waals surface area contributed by atoms with Crippen molar-refractivity contribution in [1.82, 2.24) is 16.0 Å². The minimum Gasteiger partial charge on any atom is -0.459 e. The molecule has 0 radical (unpaired) electrons. The van der Waals surface area contributed by atoms with E-state index in [4.69, 9.17) is 14.3 Å². The van der Waals surface area contributed by atoms with Crippen LogP contribution >= 0.6 is 0 Å². The van der Waals surface area contributed by atoms with Gasteiger partial charge in [-0.2, -0.15) is 0 Å². The van der Waals surface area contributed by atoms with E-state index in [0.29, 0.717) is 47.8 Å². The minimum absolute atomic E-state index is 0.0741. The first kappa shape index (κ1) is 23.3. The lowest BCUT2D eigenvalue weighted by molar-refractivity contribution is -0.0901. The summed E-state index contributed by atoms with van der Waals surface area (Å²) < 4.78 is 12.4. The number of carbonyl (C=O) groups excluding carboxylic acids is 1. The van der Waals surface area contributed by atoms with Crippen LogP contribution in [0.5, 0.6) is 0 Å². The maximum atomic E-state index is 12.2. The molecule has 4 N–H and O–H groups in total. The van der Waals surface area contributed by atoms with E-state index in [-0.39, 0.29) is 19.1 Å². The normalized spacial score (nSPS) is 35.3. The number of nitrogens with one attached hydrogen (secondary N) is 3. The zero-order chi connectivity index (χ0) is 22.6. The Balaban J connectivity index is 1.24. The zero-order valence-corrected chi connectivity index (χ0v) is 19.8. The third-order valence-corrected chi connectivity index (χ3v) is 8.63. The number of aliphatic hydroxyl groups excluding tert-OH is 1. The van der Waals surface area contributed by atoms with E-state index in [2.05, 4.69) is 16.0 Å². The Labute approximate surface area is 197 Å². The number of fused-ring (bicyclic) bond motifs is 1. The molecule has 184 valence electrons. The molecule has 6 atom stereocenters. The van der Waals surface area contributed by atoms with Crippen molar-refractivity contribution in [2.24, 2.45) is 17.8 Å². The van der Waals surface area contributed by atoms with Crippen molar-refractivity contribution in [1.29, 1.82) is 0 Å². The third-order valence-electron chi connectivity index (χ3n) is 8.63. The van der Waals surface area contributed by atoms with Crippen LogP contribution in [-0.4, -0.2) is 55.6 Å². The standard InChI is InChI=1S/C26H41N3O4/c30-11-10-27-26(31)24-13-18(16-32-24)22-15-29-25-21(22)12-17(14-28-25)20-8-4-5-9-23(20)33-19-6-2-1-3-7-19/h13,16-17,19-23,25,28-30H,1-12,14-15H2,(H,27,31). The maximum Gasteiger partial charge on any atom is 0.287 e. The lowest BCUT2D eigenvalue weighted by Gasteiger charge is -2.44. The van der Waals surface area contributed by atoms with E-state index >= 15 is 0 Å². The molecular formula is C26H41N3O4. The lowest BCUT2D eigenvalue weighted by Crippen LogP contribution is -2.52. The highest BCUT2D eigenvalue weighted by molar-refractivity contribution is 5.91. The van der Waals surface area contributed by atoms with Gasteiger partial charge in [0.1, 0.15) is 0 Å². The molecule has 2 saturated heterocycles. The summed E-state index contributed by atoms with van der Waals surface area (Å²) in [5, 5.41) is 19.1. The number of hydrogen-bond acceptors (Lipinski definition) is 6. The molecule has 33 heavy (non-hydrogen) atoms. The van der Waals surface area contributed by atoms with Gasteiger partial charge in [-0.3, -0.25) is 4.79 Å². The smallest absolute Gasteiger partial charge is 0.287 e. The molecule has 6 unspecified atom stereocenters. The molecule has 4 fully saturated rings. The number of rotatable bonds is 7. The molecule has 0 spiro atoms. The molecule has 0 aromatic carbocycles. The van der Waals surface area contributed by atoms with Crippen LogP contribution in [-0.2, 0) is 4.74 Å². The highest BCUT2D eigenvalue weighted by Crippen LogP contribution is 2.44. The average molecular weight is 460 g/mol. The molecule has 1 amide bonds. The van der Waals surface area contributed by atoms with Gasteiger partial charge in [-0.1, -0.05) is 32.1 Å². The van der Waals surface area contributed by atoms with Crippen LogP contribution in [0.2, 0.25) is 0 Å². The molecule has 1 aromatic heterocycles. The van der Waals surface area contributed by atoms with Crippen LogP contribution in [0.15, 0.2) is 16.7 Å². The van der Waals surface area contributed by atoms with Gasteiger partial charge in [0.05, 0.1) is 31.2 Å². The van der Waals surface area contributed by atoms with Gasteiger partial charge in [0.25, 0.3) is 5.91 Å². The maximum absolute atomic E-state index is 12.2. The summed E-state index contributed by atoms with van der Waals surface area (Å²) in [5.74, 6) is 2.20. The molecule has 5 rings (SSSR count). The molecule has 1 aromatic rings. The molecule has 0 bridgehead atoms. The van der Waals surface area contributed by atoms with Gasteiger partial charge in [0, 0.05) is 19.0 Å². The van der Waals surface area contributed by atoms with Crippen molar-refractivity contribution in [3.05, 3.63) is 23.7 Å². The molecule has 3 heterocycles. The second kappa shape index (κ2) is 10.9. The van der Waals surface area contributed by atoms with E-state index in [0.717, 1.165) is 18.7 Å². The van der Waals surface area contributed by atoms with Crippen LogP contribution in [0, 0.1) is 17.8 Å². The van der Waals surface area contributed by atoms with Crippen molar-refractivity contribution in [2.75, 3.05) is 26.2 Å². The third kappa shape index (κ3) is 5.31. The molecule has 7 heteroatoms. The van der Waals surface area contributed by atoms with Crippen molar-refractivity contribution in [2.45, 2.75) is 88.5 Å². The first-order valence-electron chi connectivity index (χ1n) is 13.3.